The van der Waals surface area contributed by atoms with Crippen molar-refractivity contribution in [3.8, 4) is 0 Å². The van der Waals surface area contributed by atoms with Crippen LogP contribution in [-0.2, 0) is 9.59 Å². The topological polar surface area (TPSA) is 49.4 Å². The van der Waals surface area contributed by atoms with Crippen molar-refractivity contribution in [3.05, 3.63) is 0 Å². The number of likely N-dealkylation sites (tertiary alicyclic amines) is 1. The highest BCUT2D eigenvalue weighted by molar-refractivity contribution is 5.88. The van der Waals surface area contributed by atoms with Gasteiger partial charge in [-0.3, -0.25) is 9.59 Å². The average molecular weight is 322 g/mol. The number of hydrogen-bond donors (Lipinski definition) is 1. The van der Waals surface area contributed by atoms with Crippen LogP contribution in [0.2, 0.25) is 0 Å². The van der Waals surface area contributed by atoms with Crippen LogP contribution in [0.15, 0.2) is 0 Å². The Bertz CT molecular complexity index is 406. The predicted octanol–water partition coefficient (Wildman–Crippen LogP) is 3.64. The Morgan fingerprint density at radius 2 is 1.57 bits per heavy atom. The average Bonchev–Trinajstić information content (AvgIpc) is 2.89. The number of carbonyl (C=O) groups is 2. The van der Waals surface area contributed by atoms with Gasteiger partial charge >= 0.3 is 0 Å². The molecule has 0 spiro atoms. The van der Waals surface area contributed by atoms with Crippen molar-refractivity contribution in [1.82, 2.24) is 10.2 Å². The van der Waals surface area contributed by atoms with Crippen LogP contribution in [0.25, 0.3) is 0 Å². The molecule has 1 N–H and O–H groups in total. The second kappa shape index (κ2) is 8.16. The van der Waals surface area contributed by atoms with Gasteiger partial charge in [-0.05, 0) is 31.1 Å². The fraction of sp³-hybridized carbons (Fsp3) is 0.895. The number of hydrogen-bond acceptors (Lipinski definition) is 2. The van der Waals surface area contributed by atoms with E-state index in [0.29, 0.717) is 12.5 Å². The van der Waals surface area contributed by atoms with E-state index in [0.717, 1.165) is 32.2 Å². The summed E-state index contributed by atoms with van der Waals surface area (Å²) in [5, 5.41) is 3.24. The number of nitrogens with one attached hydrogen (secondary N) is 1. The van der Waals surface area contributed by atoms with E-state index in [2.05, 4.69) is 26.1 Å². The third-order valence-corrected chi connectivity index (χ3v) is 5.01. The first-order valence-electron chi connectivity index (χ1n) is 9.47. The molecule has 2 fully saturated rings. The smallest absolute Gasteiger partial charge is 0.243 e. The summed E-state index contributed by atoms with van der Waals surface area (Å²) in [6.45, 7) is 6.96. The van der Waals surface area contributed by atoms with Crippen molar-refractivity contribution >= 4 is 11.8 Å². The molecular weight excluding hydrogens is 288 g/mol. The standard InChI is InChI=1S/C19H34N2O2/c1-19(2,3)14-17(22)21-13-9-12-16(21)18(23)20-15-10-7-5-4-6-8-11-15/h15-16H,4-14H2,1-3H3,(H,20,23)/t16-/m1/s1. The highest BCUT2D eigenvalue weighted by Crippen LogP contribution is 2.25. The molecule has 1 aliphatic carbocycles. The summed E-state index contributed by atoms with van der Waals surface area (Å²) in [5.41, 5.74) is -0.0275. The van der Waals surface area contributed by atoms with Gasteiger partial charge in [-0.25, -0.2) is 0 Å². The van der Waals surface area contributed by atoms with E-state index in [-0.39, 0.29) is 23.3 Å². The summed E-state index contributed by atoms with van der Waals surface area (Å²) >= 11 is 0. The minimum Gasteiger partial charge on any atom is -0.352 e. The Morgan fingerprint density at radius 1 is 0.957 bits per heavy atom. The van der Waals surface area contributed by atoms with Crippen molar-refractivity contribution in [2.45, 2.75) is 97.1 Å². The summed E-state index contributed by atoms with van der Waals surface area (Å²) in [6.07, 6.45) is 10.8. The van der Waals surface area contributed by atoms with Crippen molar-refractivity contribution in [3.63, 3.8) is 0 Å². The van der Waals surface area contributed by atoms with E-state index in [1.54, 1.807) is 0 Å². The van der Waals surface area contributed by atoms with Crippen molar-refractivity contribution in [2.75, 3.05) is 6.54 Å². The molecule has 1 atom stereocenters. The van der Waals surface area contributed by atoms with Crippen LogP contribution in [0.4, 0.5) is 0 Å². The molecule has 0 aromatic carbocycles. The van der Waals surface area contributed by atoms with Crippen LogP contribution in [0, 0.1) is 5.41 Å². The van der Waals surface area contributed by atoms with Crippen molar-refractivity contribution in [1.29, 1.82) is 0 Å². The van der Waals surface area contributed by atoms with E-state index >= 15 is 0 Å². The molecular formula is C19H34N2O2. The van der Waals surface area contributed by atoms with Crippen LogP contribution in [0.1, 0.15) is 85.0 Å². The Labute approximate surface area is 141 Å². The maximum absolute atomic E-state index is 12.7. The SMILES string of the molecule is CC(C)(C)CC(=O)N1CCC[C@@H]1C(=O)NC1CCCCCCC1. The summed E-state index contributed by atoms with van der Waals surface area (Å²) in [6, 6.07) is 0.0678. The molecule has 4 nitrogen and oxygen atoms in total. The van der Waals surface area contributed by atoms with E-state index < -0.39 is 0 Å². The number of nitrogens with zero attached hydrogens (tertiary/aromatic N) is 1. The third-order valence-electron chi connectivity index (χ3n) is 5.01. The quantitative estimate of drug-likeness (QED) is 0.862. The molecule has 1 heterocycles. The second-order valence-corrected chi connectivity index (χ2v) is 8.53. The van der Waals surface area contributed by atoms with Crippen LogP contribution >= 0.6 is 0 Å². The molecule has 0 radical (unpaired) electrons. The molecule has 23 heavy (non-hydrogen) atoms. The first-order valence-corrected chi connectivity index (χ1v) is 9.47. The first-order chi connectivity index (χ1) is 10.9. The lowest BCUT2D eigenvalue weighted by molar-refractivity contribution is -0.140. The van der Waals surface area contributed by atoms with Crippen molar-refractivity contribution in [2.24, 2.45) is 5.41 Å². The molecule has 2 aliphatic rings. The fourth-order valence-electron chi connectivity index (χ4n) is 3.79. The number of amides is 2. The molecule has 0 aromatic rings. The van der Waals surface area contributed by atoms with Crippen LogP contribution in [0.5, 0.6) is 0 Å². The Balaban J connectivity index is 1.90. The van der Waals surface area contributed by atoms with Crippen LogP contribution < -0.4 is 5.32 Å². The zero-order valence-electron chi connectivity index (χ0n) is 15.2. The Kier molecular flexibility index (Phi) is 6.49. The number of carbonyl (C=O) groups excluding carboxylic acids is 2. The molecule has 0 aromatic heterocycles. The molecule has 0 bridgehead atoms. The van der Waals surface area contributed by atoms with Gasteiger partial charge in [0, 0.05) is 19.0 Å². The first kappa shape index (κ1) is 18.3. The van der Waals surface area contributed by atoms with E-state index in [9.17, 15) is 9.59 Å². The van der Waals surface area contributed by atoms with Gasteiger partial charge in [0.15, 0.2) is 0 Å². The summed E-state index contributed by atoms with van der Waals surface area (Å²) in [5.74, 6) is 0.211. The van der Waals surface area contributed by atoms with Gasteiger partial charge in [-0.2, -0.15) is 0 Å². The molecule has 2 amide bonds. The van der Waals surface area contributed by atoms with Gasteiger partial charge in [0.2, 0.25) is 11.8 Å². The van der Waals surface area contributed by atoms with Gasteiger partial charge in [0.25, 0.3) is 0 Å². The molecule has 2 rings (SSSR count). The largest absolute Gasteiger partial charge is 0.352 e. The van der Waals surface area contributed by atoms with Gasteiger partial charge in [-0.1, -0.05) is 52.9 Å². The summed E-state index contributed by atoms with van der Waals surface area (Å²) in [4.78, 5) is 27.0. The maximum atomic E-state index is 12.7. The lowest BCUT2D eigenvalue weighted by Gasteiger charge is -2.29. The summed E-state index contributed by atoms with van der Waals surface area (Å²) in [7, 11) is 0. The van der Waals surface area contributed by atoms with E-state index in [4.69, 9.17) is 0 Å². The molecule has 1 aliphatic heterocycles. The van der Waals surface area contributed by atoms with E-state index in [1.165, 1.54) is 32.1 Å². The minimum absolute atomic E-state index is 0.0275. The zero-order chi connectivity index (χ0) is 16.9. The zero-order valence-corrected chi connectivity index (χ0v) is 15.2. The lowest BCUT2D eigenvalue weighted by atomic mass is 9.91. The second-order valence-electron chi connectivity index (χ2n) is 8.53. The monoisotopic (exact) mass is 322 g/mol. The molecule has 132 valence electrons. The lowest BCUT2D eigenvalue weighted by Crippen LogP contribution is -2.49. The fourth-order valence-corrected chi connectivity index (χ4v) is 3.79. The molecule has 1 saturated carbocycles. The predicted molar refractivity (Wildman–Crippen MR) is 93.1 cm³/mol. The molecule has 0 unspecified atom stereocenters. The highest BCUT2D eigenvalue weighted by Gasteiger charge is 2.35. The van der Waals surface area contributed by atoms with Crippen LogP contribution in [-0.4, -0.2) is 35.3 Å². The van der Waals surface area contributed by atoms with Crippen LogP contribution in [0.3, 0.4) is 0 Å². The van der Waals surface area contributed by atoms with Crippen molar-refractivity contribution < 1.29 is 9.59 Å². The molecule has 1 saturated heterocycles. The maximum Gasteiger partial charge on any atom is 0.243 e. The van der Waals surface area contributed by atoms with Gasteiger partial charge in [0.05, 0.1) is 0 Å². The third kappa shape index (κ3) is 5.82. The Morgan fingerprint density at radius 3 is 2.17 bits per heavy atom. The highest BCUT2D eigenvalue weighted by atomic mass is 16.2. The Hall–Kier alpha value is -1.06. The summed E-state index contributed by atoms with van der Waals surface area (Å²) < 4.78 is 0. The van der Waals surface area contributed by atoms with Gasteiger partial charge < -0.3 is 10.2 Å². The normalized spacial score (nSPS) is 24.1. The van der Waals surface area contributed by atoms with E-state index in [1.807, 2.05) is 4.90 Å². The minimum atomic E-state index is -0.240. The van der Waals surface area contributed by atoms with Gasteiger partial charge in [0.1, 0.15) is 6.04 Å². The number of rotatable bonds is 3. The molecule has 4 heteroatoms. The van der Waals surface area contributed by atoms with Gasteiger partial charge in [-0.15, -0.1) is 0 Å².